The summed E-state index contributed by atoms with van der Waals surface area (Å²) in [5, 5.41) is 0. The lowest BCUT2D eigenvalue weighted by molar-refractivity contribution is 0.355. The van der Waals surface area contributed by atoms with E-state index in [-0.39, 0.29) is 5.92 Å². The molecule has 1 aliphatic carbocycles. The normalized spacial score (nSPS) is 28.2. The minimum absolute atomic E-state index is 0.122. The Morgan fingerprint density at radius 3 is 2.54 bits per heavy atom. The van der Waals surface area contributed by atoms with E-state index >= 15 is 0 Å². The smallest absolute Gasteiger partial charge is 0.154 e. The molecule has 66 valence electrons. The van der Waals surface area contributed by atoms with Gasteiger partial charge in [0.25, 0.3) is 0 Å². The first-order valence-electron chi connectivity index (χ1n) is 4.34. The molecule has 0 heterocycles. The molecule has 1 rings (SSSR count). The minimum atomic E-state index is -0.789. The second-order valence-electron chi connectivity index (χ2n) is 3.14. The monoisotopic (exact) mass is 178 g/mol. The van der Waals surface area contributed by atoms with Crippen LogP contribution in [0.15, 0.2) is 23.8 Å². The molecule has 4 radical (unpaired) electrons. The molecule has 0 spiro atoms. The minimum Gasteiger partial charge on any atom is -0.208 e. The van der Waals surface area contributed by atoms with Crippen molar-refractivity contribution in [3.63, 3.8) is 0 Å². The molecule has 13 heavy (non-hydrogen) atoms. The first-order valence-corrected chi connectivity index (χ1v) is 4.34. The van der Waals surface area contributed by atoms with Gasteiger partial charge in [0, 0.05) is 5.92 Å². The van der Waals surface area contributed by atoms with Crippen LogP contribution < -0.4 is 0 Å². The predicted molar refractivity (Wildman–Crippen MR) is 51.1 cm³/mol. The maximum Gasteiger partial charge on any atom is 0.154 e. The van der Waals surface area contributed by atoms with Crippen LogP contribution in [0.5, 0.6) is 0 Å². The maximum atomic E-state index is 13.2. The van der Waals surface area contributed by atoms with Crippen LogP contribution in [0.25, 0.3) is 0 Å². The molecule has 0 fully saturated rings. The van der Waals surface area contributed by atoms with Crippen LogP contribution in [0.1, 0.15) is 6.42 Å². The van der Waals surface area contributed by atoms with E-state index in [1.54, 1.807) is 6.08 Å². The molecule has 0 nitrogen and oxygen atoms in total. The summed E-state index contributed by atoms with van der Waals surface area (Å²) in [4.78, 5) is 0. The van der Waals surface area contributed by atoms with Gasteiger partial charge in [-0.2, -0.15) is 0 Å². The SMILES string of the molecule is [B]CCC1C(F)=C(F)C=CC1C[B]. The van der Waals surface area contributed by atoms with Crippen molar-refractivity contribution < 1.29 is 8.78 Å². The fourth-order valence-corrected chi connectivity index (χ4v) is 1.55. The third-order valence-corrected chi connectivity index (χ3v) is 2.31. The zero-order chi connectivity index (χ0) is 9.84. The molecule has 4 heteroatoms. The molecule has 0 bridgehead atoms. The average molecular weight is 178 g/mol. The molecule has 0 aromatic rings. The second kappa shape index (κ2) is 4.64. The van der Waals surface area contributed by atoms with E-state index in [9.17, 15) is 8.78 Å². The van der Waals surface area contributed by atoms with E-state index in [1.807, 2.05) is 0 Å². The topological polar surface area (TPSA) is 0 Å². The van der Waals surface area contributed by atoms with Crippen LogP contribution in [0, 0.1) is 11.8 Å². The van der Waals surface area contributed by atoms with Gasteiger partial charge in [0.05, 0.1) is 15.7 Å². The second-order valence-corrected chi connectivity index (χ2v) is 3.14. The Balaban J connectivity index is 2.79. The van der Waals surface area contributed by atoms with Gasteiger partial charge in [-0.05, 0) is 12.0 Å². The highest BCUT2D eigenvalue weighted by molar-refractivity contribution is 6.09. The van der Waals surface area contributed by atoms with E-state index in [4.69, 9.17) is 15.7 Å². The quantitative estimate of drug-likeness (QED) is 0.582. The van der Waals surface area contributed by atoms with Crippen molar-refractivity contribution in [2.75, 3.05) is 0 Å². The summed E-state index contributed by atoms with van der Waals surface area (Å²) in [6.45, 7) is 0. The molecule has 0 aliphatic heterocycles. The largest absolute Gasteiger partial charge is 0.208 e. The predicted octanol–water partition coefficient (Wildman–Crippen LogP) is 2.50. The Morgan fingerprint density at radius 2 is 2.00 bits per heavy atom. The third kappa shape index (κ3) is 2.23. The summed E-state index contributed by atoms with van der Waals surface area (Å²) in [5.74, 6) is -2.09. The highest BCUT2D eigenvalue weighted by Crippen LogP contribution is 2.36. The molecule has 0 saturated carbocycles. The molecular formula is C9H10B2F2. The van der Waals surface area contributed by atoms with E-state index in [0.717, 1.165) is 6.08 Å². The molecule has 0 N–H and O–H groups in total. The van der Waals surface area contributed by atoms with Gasteiger partial charge in [-0.15, -0.1) is 0 Å². The summed E-state index contributed by atoms with van der Waals surface area (Å²) in [6.07, 6.45) is 3.85. The Kier molecular flexibility index (Phi) is 3.76. The first-order chi connectivity index (χ1) is 6.20. The van der Waals surface area contributed by atoms with Crippen molar-refractivity contribution in [1.82, 2.24) is 0 Å². The van der Waals surface area contributed by atoms with Gasteiger partial charge in [0.15, 0.2) is 5.83 Å². The van der Waals surface area contributed by atoms with Crippen LogP contribution in [-0.2, 0) is 0 Å². The molecule has 2 atom stereocenters. The molecule has 1 aliphatic rings. The summed E-state index contributed by atoms with van der Waals surface area (Å²) >= 11 is 0. The van der Waals surface area contributed by atoms with Gasteiger partial charge >= 0.3 is 0 Å². The fourth-order valence-electron chi connectivity index (χ4n) is 1.55. The van der Waals surface area contributed by atoms with Crippen molar-refractivity contribution >= 4 is 15.7 Å². The van der Waals surface area contributed by atoms with E-state index < -0.39 is 17.6 Å². The van der Waals surface area contributed by atoms with E-state index in [1.165, 1.54) is 0 Å². The van der Waals surface area contributed by atoms with Crippen molar-refractivity contribution in [2.24, 2.45) is 11.8 Å². The van der Waals surface area contributed by atoms with Gasteiger partial charge in [-0.25, -0.2) is 8.78 Å². The van der Waals surface area contributed by atoms with Gasteiger partial charge in [0.1, 0.15) is 5.83 Å². The summed E-state index contributed by atoms with van der Waals surface area (Å²) in [7, 11) is 10.7. The Morgan fingerprint density at radius 1 is 1.31 bits per heavy atom. The lowest BCUT2D eigenvalue weighted by atomic mass is 9.75. The van der Waals surface area contributed by atoms with E-state index in [2.05, 4.69) is 0 Å². The van der Waals surface area contributed by atoms with Crippen LogP contribution in [0.4, 0.5) is 8.78 Å². The molecular weight excluding hydrogens is 168 g/mol. The van der Waals surface area contributed by atoms with Gasteiger partial charge in [-0.1, -0.05) is 25.1 Å². The number of halogens is 2. The van der Waals surface area contributed by atoms with Crippen molar-refractivity contribution in [3.8, 4) is 0 Å². The molecule has 0 aromatic carbocycles. The zero-order valence-corrected chi connectivity index (χ0v) is 7.34. The summed E-state index contributed by atoms with van der Waals surface area (Å²) in [5.41, 5.74) is 0. The number of allylic oxidation sites excluding steroid dienone is 4. The van der Waals surface area contributed by atoms with E-state index in [0.29, 0.717) is 19.1 Å². The van der Waals surface area contributed by atoms with Crippen LogP contribution in [0.3, 0.4) is 0 Å². The molecule has 0 aromatic heterocycles. The standard InChI is InChI=1S/C9H10B2F2/c10-4-3-7-6(5-11)1-2-8(12)9(7)13/h1-2,6-7H,3-5H2. The lowest BCUT2D eigenvalue weighted by Gasteiger charge is -2.25. The van der Waals surface area contributed by atoms with Crippen LogP contribution in [-0.4, -0.2) is 15.7 Å². The van der Waals surface area contributed by atoms with Gasteiger partial charge in [-0.3, -0.25) is 0 Å². The number of hydrogen-bond donors (Lipinski definition) is 0. The summed E-state index contributed by atoms with van der Waals surface area (Å²) < 4.78 is 26.0. The fraction of sp³-hybridized carbons (Fsp3) is 0.556. The van der Waals surface area contributed by atoms with Crippen molar-refractivity contribution in [3.05, 3.63) is 23.8 Å². The molecule has 0 saturated heterocycles. The Labute approximate surface area is 79.9 Å². The van der Waals surface area contributed by atoms with Crippen molar-refractivity contribution in [1.29, 1.82) is 0 Å². The first kappa shape index (κ1) is 10.6. The van der Waals surface area contributed by atoms with Crippen LogP contribution in [0.2, 0.25) is 12.6 Å². The lowest BCUT2D eigenvalue weighted by Crippen LogP contribution is -2.16. The Bertz CT molecular complexity index is 236. The highest BCUT2D eigenvalue weighted by atomic mass is 19.2. The molecule has 2 unspecified atom stereocenters. The average Bonchev–Trinajstić information content (AvgIpc) is 2.14. The number of hydrogen-bond acceptors (Lipinski definition) is 0. The molecule has 0 amide bonds. The summed E-state index contributed by atoms with van der Waals surface area (Å²) in [6, 6.07) is 0. The zero-order valence-electron chi connectivity index (χ0n) is 7.34. The highest BCUT2D eigenvalue weighted by Gasteiger charge is 2.26. The van der Waals surface area contributed by atoms with Crippen LogP contribution >= 0.6 is 0 Å². The Hall–Kier alpha value is -0.530. The third-order valence-electron chi connectivity index (χ3n) is 2.31. The van der Waals surface area contributed by atoms with Crippen molar-refractivity contribution in [2.45, 2.75) is 19.1 Å². The van der Waals surface area contributed by atoms with Gasteiger partial charge < -0.3 is 0 Å². The van der Waals surface area contributed by atoms with Gasteiger partial charge in [0.2, 0.25) is 0 Å². The maximum absolute atomic E-state index is 13.2. The number of rotatable bonds is 3.